The van der Waals surface area contributed by atoms with Crippen LogP contribution in [0, 0.1) is 0 Å². The molecule has 5 heteroatoms. The fourth-order valence-corrected chi connectivity index (χ4v) is 4.67. The molecule has 3 rings (SSSR count). The van der Waals surface area contributed by atoms with E-state index in [1.54, 1.807) is 11.8 Å². The van der Waals surface area contributed by atoms with Crippen LogP contribution in [-0.2, 0) is 16.0 Å². The lowest BCUT2D eigenvalue weighted by Crippen LogP contribution is -2.46. The fraction of sp³-hybridized carbons (Fsp3) is 0.579. The summed E-state index contributed by atoms with van der Waals surface area (Å²) in [5.41, 5.74) is 1.20. The minimum Gasteiger partial charge on any atom is -0.350 e. The number of carbonyl (C=O) groups is 2. The van der Waals surface area contributed by atoms with Crippen LogP contribution in [0.25, 0.3) is 0 Å². The molecular weight excluding hydrogens is 320 g/mol. The SMILES string of the molecule is C[C@]1(C(=O)N[C@H]2CCN(C(=O)CCc3ccccc3)C2)CCCS1. The predicted molar refractivity (Wildman–Crippen MR) is 98.0 cm³/mol. The highest BCUT2D eigenvalue weighted by molar-refractivity contribution is 8.01. The van der Waals surface area contributed by atoms with Crippen LogP contribution in [0.5, 0.6) is 0 Å². The Morgan fingerprint density at radius 1 is 1.33 bits per heavy atom. The highest BCUT2D eigenvalue weighted by atomic mass is 32.2. The number of amides is 2. The molecule has 2 saturated heterocycles. The van der Waals surface area contributed by atoms with Crippen LogP contribution in [0.15, 0.2) is 30.3 Å². The second-order valence-electron chi connectivity index (χ2n) is 6.97. The molecule has 1 N–H and O–H groups in total. The standard InChI is InChI=1S/C19H26N2O2S/c1-19(11-5-13-24-19)18(23)20-16-10-12-21(14-16)17(22)9-8-15-6-3-2-4-7-15/h2-4,6-7,16H,5,8-14H2,1H3,(H,20,23)/t16-,19+/m0/s1. The molecule has 2 aliphatic rings. The molecule has 2 aliphatic heterocycles. The number of hydrogen-bond donors (Lipinski definition) is 1. The van der Waals surface area contributed by atoms with E-state index in [1.807, 2.05) is 30.0 Å². The van der Waals surface area contributed by atoms with E-state index >= 15 is 0 Å². The zero-order valence-corrected chi connectivity index (χ0v) is 15.1. The van der Waals surface area contributed by atoms with Crippen molar-refractivity contribution in [3.05, 3.63) is 35.9 Å². The van der Waals surface area contributed by atoms with Gasteiger partial charge in [-0.2, -0.15) is 0 Å². The van der Waals surface area contributed by atoms with Crippen LogP contribution in [0.2, 0.25) is 0 Å². The zero-order chi connectivity index (χ0) is 17.0. The molecule has 1 aromatic carbocycles. The van der Waals surface area contributed by atoms with E-state index in [-0.39, 0.29) is 22.6 Å². The molecule has 0 saturated carbocycles. The molecule has 1 aromatic rings. The first-order valence-electron chi connectivity index (χ1n) is 8.83. The molecule has 2 amide bonds. The molecule has 24 heavy (non-hydrogen) atoms. The van der Waals surface area contributed by atoms with Gasteiger partial charge < -0.3 is 10.2 Å². The summed E-state index contributed by atoms with van der Waals surface area (Å²) >= 11 is 1.76. The van der Waals surface area contributed by atoms with Crippen molar-refractivity contribution >= 4 is 23.6 Å². The molecule has 0 spiro atoms. The van der Waals surface area contributed by atoms with Crippen molar-refractivity contribution < 1.29 is 9.59 Å². The number of thioether (sulfide) groups is 1. The number of nitrogens with zero attached hydrogens (tertiary/aromatic N) is 1. The van der Waals surface area contributed by atoms with Gasteiger partial charge in [-0.05, 0) is 43.9 Å². The van der Waals surface area contributed by atoms with Gasteiger partial charge in [0.25, 0.3) is 0 Å². The Kier molecular flexibility index (Phi) is 5.49. The van der Waals surface area contributed by atoms with E-state index in [9.17, 15) is 9.59 Å². The number of nitrogens with one attached hydrogen (secondary N) is 1. The molecule has 2 fully saturated rings. The van der Waals surface area contributed by atoms with Crippen LogP contribution in [-0.4, -0.2) is 46.3 Å². The number of carbonyl (C=O) groups excluding carboxylic acids is 2. The van der Waals surface area contributed by atoms with Crippen molar-refractivity contribution in [1.82, 2.24) is 10.2 Å². The van der Waals surface area contributed by atoms with Crippen LogP contribution >= 0.6 is 11.8 Å². The predicted octanol–water partition coefficient (Wildman–Crippen LogP) is 2.62. The Labute approximate surface area is 148 Å². The molecule has 0 unspecified atom stereocenters. The summed E-state index contributed by atoms with van der Waals surface area (Å²) in [4.78, 5) is 26.8. The second-order valence-corrected chi connectivity index (χ2v) is 8.57. The smallest absolute Gasteiger partial charge is 0.236 e. The van der Waals surface area contributed by atoms with E-state index in [0.717, 1.165) is 38.0 Å². The highest BCUT2D eigenvalue weighted by Gasteiger charge is 2.39. The molecule has 0 radical (unpaired) electrons. The Hall–Kier alpha value is -1.49. The van der Waals surface area contributed by atoms with Gasteiger partial charge in [-0.1, -0.05) is 30.3 Å². The van der Waals surface area contributed by atoms with Gasteiger partial charge in [0.1, 0.15) is 0 Å². The van der Waals surface area contributed by atoms with Crippen molar-refractivity contribution in [3.63, 3.8) is 0 Å². The maximum absolute atomic E-state index is 12.5. The average Bonchev–Trinajstić information content (AvgIpc) is 3.24. The van der Waals surface area contributed by atoms with Crippen molar-refractivity contribution in [3.8, 4) is 0 Å². The third kappa shape index (κ3) is 4.12. The number of aryl methyl sites for hydroxylation is 1. The second kappa shape index (κ2) is 7.60. The molecule has 130 valence electrons. The normalized spacial score (nSPS) is 26.5. The average molecular weight is 346 g/mol. The summed E-state index contributed by atoms with van der Waals surface area (Å²) in [5, 5.41) is 3.17. The van der Waals surface area contributed by atoms with Crippen molar-refractivity contribution in [1.29, 1.82) is 0 Å². The van der Waals surface area contributed by atoms with Crippen LogP contribution in [0.3, 0.4) is 0 Å². The maximum Gasteiger partial charge on any atom is 0.236 e. The largest absolute Gasteiger partial charge is 0.350 e. The summed E-state index contributed by atoms with van der Waals surface area (Å²) in [6.45, 7) is 3.44. The third-order valence-corrected chi connectivity index (χ3v) is 6.57. The van der Waals surface area contributed by atoms with Gasteiger partial charge in [0.2, 0.25) is 11.8 Å². The first-order valence-corrected chi connectivity index (χ1v) is 9.82. The van der Waals surface area contributed by atoms with Crippen molar-refractivity contribution in [2.75, 3.05) is 18.8 Å². The molecule has 4 nitrogen and oxygen atoms in total. The van der Waals surface area contributed by atoms with Crippen LogP contribution in [0.1, 0.15) is 38.2 Å². The summed E-state index contributed by atoms with van der Waals surface area (Å²) in [6.07, 6.45) is 4.25. The van der Waals surface area contributed by atoms with Gasteiger partial charge >= 0.3 is 0 Å². The Morgan fingerprint density at radius 2 is 2.12 bits per heavy atom. The Bertz CT molecular complexity index is 584. The topological polar surface area (TPSA) is 49.4 Å². The fourth-order valence-electron chi connectivity index (χ4n) is 3.45. The quantitative estimate of drug-likeness (QED) is 0.892. The van der Waals surface area contributed by atoms with Gasteiger partial charge in [0, 0.05) is 25.6 Å². The zero-order valence-electron chi connectivity index (χ0n) is 14.3. The lowest BCUT2D eigenvalue weighted by Gasteiger charge is -2.24. The van der Waals surface area contributed by atoms with Gasteiger partial charge in [0.05, 0.1) is 4.75 Å². The van der Waals surface area contributed by atoms with Gasteiger partial charge in [0.15, 0.2) is 0 Å². The third-order valence-electron chi connectivity index (χ3n) is 5.05. The Balaban J connectivity index is 1.44. The monoisotopic (exact) mass is 346 g/mol. The van der Waals surface area contributed by atoms with Crippen molar-refractivity contribution in [2.45, 2.75) is 49.8 Å². The minimum atomic E-state index is -0.273. The van der Waals surface area contributed by atoms with E-state index in [4.69, 9.17) is 0 Å². The summed E-state index contributed by atoms with van der Waals surface area (Å²) < 4.78 is -0.273. The van der Waals surface area contributed by atoms with Gasteiger partial charge in [-0.25, -0.2) is 0 Å². The van der Waals surface area contributed by atoms with Crippen LogP contribution in [0.4, 0.5) is 0 Å². The summed E-state index contributed by atoms with van der Waals surface area (Å²) in [5.74, 6) is 1.41. The van der Waals surface area contributed by atoms with Gasteiger partial charge in [-0.3, -0.25) is 9.59 Å². The number of likely N-dealkylation sites (tertiary alicyclic amines) is 1. The van der Waals surface area contributed by atoms with E-state index < -0.39 is 0 Å². The summed E-state index contributed by atoms with van der Waals surface area (Å²) in [7, 11) is 0. The lowest BCUT2D eigenvalue weighted by atomic mass is 10.0. The first kappa shape index (κ1) is 17.3. The van der Waals surface area contributed by atoms with Crippen LogP contribution < -0.4 is 5.32 Å². The maximum atomic E-state index is 12.5. The number of rotatable bonds is 5. The Morgan fingerprint density at radius 3 is 2.83 bits per heavy atom. The molecule has 0 bridgehead atoms. The highest BCUT2D eigenvalue weighted by Crippen LogP contribution is 2.38. The lowest BCUT2D eigenvalue weighted by molar-refractivity contribution is -0.130. The van der Waals surface area contributed by atoms with Crippen molar-refractivity contribution in [2.24, 2.45) is 0 Å². The molecule has 2 heterocycles. The molecule has 0 aliphatic carbocycles. The molecule has 0 aromatic heterocycles. The summed E-state index contributed by atoms with van der Waals surface area (Å²) in [6, 6.07) is 10.2. The number of benzene rings is 1. The molecular formula is C19H26N2O2S. The van der Waals surface area contributed by atoms with Gasteiger partial charge in [-0.15, -0.1) is 11.8 Å². The van der Waals surface area contributed by atoms with E-state index in [2.05, 4.69) is 17.4 Å². The van der Waals surface area contributed by atoms with E-state index in [0.29, 0.717) is 13.0 Å². The first-order chi connectivity index (χ1) is 11.6. The number of hydrogen-bond acceptors (Lipinski definition) is 3. The minimum absolute atomic E-state index is 0.108. The molecule has 2 atom stereocenters. The van der Waals surface area contributed by atoms with E-state index in [1.165, 1.54) is 5.56 Å².